The molecule has 2 aromatic rings. The van der Waals surface area contributed by atoms with E-state index >= 15 is 0 Å². The normalized spacial score (nSPS) is 13.3. The summed E-state index contributed by atoms with van der Waals surface area (Å²) in [5.74, 6) is 0. The van der Waals surface area contributed by atoms with Crippen LogP contribution in [0.1, 0.15) is 0 Å². The number of rotatable bonds is 3. The number of nitrogen functional groups attached to an aromatic ring is 1. The molecular formula is C10H9NO9S3. The molecule has 2 aromatic carbocycles. The Morgan fingerprint density at radius 1 is 0.696 bits per heavy atom. The lowest BCUT2D eigenvalue weighted by molar-refractivity contribution is 0.467. The van der Waals surface area contributed by atoms with Crippen molar-refractivity contribution in [1.29, 1.82) is 0 Å². The molecule has 5 N–H and O–H groups in total. The Hall–Kier alpha value is -1.77. The Morgan fingerprint density at radius 3 is 1.57 bits per heavy atom. The van der Waals surface area contributed by atoms with Crippen molar-refractivity contribution < 1.29 is 38.9 Å². The third-order valence-electron chi connectivity index (χ3n) is 2.92. The maximum Gasteiger partial charge on any atom is 0.296 e. The van der Waals surface area contributed by atoms with Crippen LogP contribution in [-0.4, -0.2) is 38.9 Å². The lowest BCUT2D eigenvalue weighted by atomic mass is 10.1. The van der Waals surface area contributed by atoms with Gasteiger partial charge in [0.2, 0.25) is 0 Å². The lowest BCUT2D eigenvalue weighted by Gasteiger charge is -2.10. The molecule has 0 heterocycles. The number of hydrogen-bond acceptors (Lipinski definition) is 7. The maximum absolute atomic E-state index is 11.3. The van der Waals surface area contributed by atoms with Crippen molar-refractivity contribution in [1.82, 2.24) is 0 Å². The van der Waals surface area contributed by atoms with E-state index in [1.165, 1.54) is 0 Å². The van der Waals surface area contributed by atoms with Crippen LogP contribution >= 0.6 is 0 Å². The van der Waals surface area contributed by atoms with Crippen LogP contribution in [0.2, 0.25) is 0 Å². The molecule has 0 aromatic heterocycles. The minimum absolute atomic E-state index is 0.0464. The zero-order valence-electron chi connectivity index (χ0n) is 10.9. The molecule has 0 bridgehead atoms. The van der Waals surface area contributed by atoms with Gasteiger partial charge in [-0.05, 0) is 23.6 Å². The Labute approximate surface area is 130 Å². The van der Waals surface area contributed by atoms with Crippen LogP contribution in [0.4, 0.5) is 5.69 Å². The summed E-state index contributed by atoms with van der Waals surface area (Å²) in [4.78, 5) is -3.02. The molecule has 0 atom stereocenters. The molecule has 10 nitrogen and oxygen atoms in total. The Balaban J connectivity index is 3.07. The van der Waals surface area contributed by atoms with E-state index in [1.54, 1.807) is 0 Å². The molecule has 0 spiro atoms. The van der Waals surface area contributed by atoms with Gasteiger partial charge in [0.25, 0.3) is 30.4 Å². The van der Waals surface area contributed by atoms with Gasteiger partial charge in [-0.1, -0.05) is 6.07 Å². The summed E-state index contributed by atoms with van der Waals surface area (Å²) >= 11 is 0. The van der Waals surface area contributed by atoms with Gasteiger partial charge in [0.05, 0.1) is 5.69 Å². The highest BCUT2D eigenvalue weighted by Gasteiger charge is 2.26. The first kappa shape index (κ1) is 17.6. The fourth-order valence-electron chi connectivity index (χ4n) is 1.96. The third kappa shape index (κ3) is 3.29. The van der Waals surface area contributed by atoms with Crippen LogP contribution in [0.15, 0.2) is 39.0 Å². The number of nitrogens with two attached hydrogens (primary N) is 1. The number of hydrogen-bond donors (Lipinski definition) is 4. The SMILES string of the molecule is Nc1c(S(=O)(=O)O)ccc2cc(S(=O)(=O)O)c(S(=O)(=O)O)cc12. The van der Waals surface area contributed by atoms with Gasteiger partial charge in [0, 0.05) is 5.39 Å². The number of anilines is 1. The molecule has 0 unspecified atom stereocenters. The molecule has 0 aliphatic carbocycles. The monoisotopic (exact) mass is 383 g/mol. The highest BCUT2D eigenvalue weighted by molar-refractivity contribution is 7.89. The van der Waals surface area contributed by atoms with Crippen molar-refractivity contribution >= 4 is 46.8 Å². The van der Waals surface area contributed by atoms with Crippen LogP contribution in [0.3, 0.4) is 0 Å². The first-order chi connectivity index (χ1) is 10.2. The summed E-state index contributed by atoms with van der Waals surface area (Å²) in [6.07, 6.45) is 0. The van der Waals surface area contributed by atoms with Gasteiger partial charge >= 0.3 is 0 Å². The van der Waals surface area contributed by atoms with Gasteiger partial charge in [-0.25, -0.2) is 0 Å². The molecule has 0 amide bonds. The molecule has 0 aliphatic rings. The van der Waals surface area contributed by atoms with Gasteiger partial charge in [0.15, 0.2) is 0 Å². The summed E-state index contributed by atoms with van der Waals surface area (Å²) in [5, 5.41) is -0.310. The van der Waals surface area contributed by atoms with Gasteiger partial charge in [-0.3, -0.25) is 13.7 Å². The van der Waals surface area contributed by atoms with E-state index in [1.807, 2.05) is 0 Å². The van der Waals surface area contributed by atoms with Gasteiger partial charge in [-0.2, -0.15) is 25.3 Å². The standard InChI is InChI=1S/C10H9NO9S3/c11-10-6-4-9(23(18,19)20)8(22(15,16)17)3-5(6)1-2-7(10)21(12,13)14/h1-4H,11H2,(H,12,13,14)(H,15,16,17)(H,18,19,20). The van der Waals surface area contributed by atoms with E-state index in [0.717, 1.165) is 12.1 Å². The second-order valence-corrected chi connectivity index (χ2v) is 8.59. The van der Waals surface area contributed by atoms with Crippen molar-refractivity contribution in [2.75, 3.05) is 5.73 Å². The second kappa shape index (κ2) is 5.12. The smallest absolute Gasteiger partial charge is 0.296 e. The average molecular weight is 383 g/mol. The second-order valence-electron chi connectivity index (χ2n) is 4.42. The van der Waals surface area contributed by atoms with Crippen LogP contribution in [0.5, 0.6) is 0 Å². The summed E-state index contributed by atoms with van der Waals surface area (Å²) in [7, 11) is -14.8. The van der Waals surface area contributed by atoms with Crippen LogP contribution in [0.25, 0.3) is 10.8 Å². The molecule has 13 heteroatoms. The van der Waals surface area contributed by atoms with E-state index in [2.05, 4.69) is 0 Å². The van der Waals surface area contributed by atoms with Crippen molar-refractivity contribution in [2.45, 2.75) is 14.7 Å². The molecule has 0 saturated carbocycles. The fourth-order valence-corrected chi connectivity index (χ4v) is 4.39. The van der Waals surface area contributed by atoms with Gasteiger partial charge < -0.3 is 5.73 Å². The summed E-state index contributed by atoms with van der Waals surface area (Å²) in [6.45, 7) is 0. The van der Waals surface area contributed by atoms with Crippen molar-refractivity contribution in [2.24, 2.45) is 0 Å². The van der Waals surface area contributed by atoms with Crippen LogP contribution in [0, 0.1) is 0 Å². The highest BCUT2D eigenvalue weighted by Crippen LogP contribution is 2.33. The zero-order valence-corrected chi connectivity index (χ0v) is 13.4. The highest BCUT2D eigenvalue weighted by atomic mass is 32.2. The molecule has 0 saturated heterocycles. The quantitative estimate of drug-likeness (QED) is 0.419. The molecule has 23 heavy (non-hydrogen) atoms. The van der Waals surface area contributed by atoms with E-state index in [-0.39, 0.29) is 10.8 Å². The molecule has 0 radical (unpaired) electrons. The minimum atomic E-state index is -5.08. The number of fused-ring (bicyclic) bond motifs is 1. The van der Waals surface area contributed by atoms with E-state index in [0.29, 0.717) is 12.1 Å². The molecular weight excluding hydrogens is 374 g/mol. The predicted molar refractivity (Wildman–Crippen MR) is 77.8 cm³/mol. The molecule has 2 rings (SSSR count). The van der Waals surface area contributed by atoms with E-state index < -0.39 is 50.7 Å². The molecule has 0 aliphatic heterocycles. The van der Waals surface area contributed by atoms with Gasteiger partial charge in [0.1, 0.15) is 14.7 Å². The molecule has 0 fully saturated rings. The van der Waals surface area contributed by atoms with Crippen molar-refractivity contribution in [3.05, 3.63) is 24.3 Å². The lowest BCUT2D eigenvalue weighted by Crippen LogP contribution is -2.09. The Kier molecular flexibility index (Phi) is 3.91. The zero-order chi connectivity index (χ0) is 17.8. The Bertz CT molecular complexity index is 1130. The summed E-state index contributed by atoms with van der Waals surface area (Å²) in [5.41, 5.74) is 4.99. The van der Waals surface area contributed by atoms with E-state index in [9.17, 15) is 25.3 Å². The Morgan fingerprint density at radius 2 is 1.13 bits per heavy atom. The average Bonchev–Trinajstić information content (AvgIpc) is 2.34. The maximum atomic E-state index is 11.3. The summed E-state index contributed by atoms with van der Waals surface area (Å²) in [6, 6.07) is 3.18. The first-order valence-corrected chi connectivity index (χ1v) is 9.83. The van der Waals surface area contributed by atoms with Crippen LogP contribution in [-0.2, 0) is 30.4 Å². The topological polar surface area (TPSA) is 189 Å². The fraction of sp³-hybridized carbons (Fsp3) is 0. The third-order valence-corrected chi connectivity index (χ3v) is 5.75. The van der Waals surface area contributed by atoms with Crippen molar-refractivity contribution in [3.63, 3.8) is 0 Å². The largest absolute Gasteiger partial charge is 0.397 e. The summed E-state index contributed by atoms with van der Waals surface area (Å²) < 4.78 is 94.7. The van der Waals surface area contributed by atoms with Crippen LogP contribution < -0.4 is 5.73 Å². The minimum Gasteiger partial charge on any atom is -0.397 e. The molecule has 126 valence electrons. The van der Waals surface area contributed by atoms with Crippen molar-refractivity contribution in [3.8, 4) is 0 Å². The number of benzene rings is 2. The predicted octanol–water partition coefficient (Wildman–Crippen LogP) is 0.162. The van der Waals surface area contributed by atoms with Gasteiger partial charge in [-0.15, -0.1) is 0 Å². The van der Waals surface area contributed by atoms with E-state index in [4.69, 9.17) is 19.4 Å². The first-order valence-electron chi connectivity index (χ1n) is 5.51.